The van der Waals surface area contributed by atoms with E-state index in [4.69, 9.17) is 9.84 Å². The Morgan fingerprint density at radius 2 is 1.91 bits per heavy atom. The number of carbonyl (C=O) groups is 1. The molecule has 0 saturated carbocycles. The topological polar surface area (TPSA) is 129 Å². The van der Waals surface area contributed by atoms with Gasteiger partial charge in [-0.1, -0.05) is 12.6 Å². The van der Waals surface area contributed by atoms with Crippen LogP contribution in [0, 0.1) is 5.82 Å². The molecule has 0 aliphatic carbocycles. The smallest absolute Gasteiger partial charge is 0.247 e. The number of amides is 1. The number of aliphatic hydroxyl groups is 2. The fourth-order valence-electron chi connectivity index (χ4n) is 2.53. The van der Waals surface area contributed by atoms with Gasteiger partial charge in [-0.25, -0.2) is 9.37 Å². The first-order chi connectivity index (χ1) is 15.5. The lowest BCUT2D eigenvalue weighted by atomic mass is 10.2. The summed E-state index contributed by atoms with van der Waals surface area (Å²) >= 11 is 0. The Bertz CT molecular complexity index is 1080. The Labute approximate surface area is 183 Å². The summed E-state index contributed by atoms with van der Waals surface area (Å²) in [4.78, 5) is 19.6. The Morgan fingerprint density at radius 1 is 1.16 bits per heavy atom. The summed E-state index contributed by atoms with van der Waals surface area (Å²) in [5, 5.41) is 26.6. The normalized spacial score (nSPS) is 11.3. The molecule has 2 aromatic carbocycles. The molecular formula is C22H22FN5O4. The number of nitrogens with one attached hydrogen (secondary N) is 3. The van der Waals surface area contributed by atoms with E-state index in [0.717, 1.165) is 12.3 Å². The van der Waals surface area contributed by atoms with Crippen LogP contribution in [0.25, 0.3) is 0 Å². The maximum Gasteiger partial charge on any atom is 0.247 e. The third kappa shape index (κ3) is 6.49. The lowest BCUT2D eigenvalue weighted by molar-refractivity contribution is -0.111. The molecule has 1 unspecified atom stereocenters. The predicted molar refractivity (Wildman–Crippen MR) is 119 cm³/mol. The number of nitrogens with zero attached hydrogens (tertiary/aromatic N) is 2. The van der Waals surface area contributed by atoms with Gasteiger partial charge in [0.1, 0.15) is 18.5 Å². The molecule has 9 nitrogen and oxygen atoms in total. The fourth-order valence-corrected chi connectivity index (χ4v) is 2.53. The van der Waals surface area contributed by atoms with Crippen LogP contribution in [0.1, 0.15) is 0 Å². The molecule has 3 aromatic rings. The highest BCUT2D eigenvalue weighted by Crippen LogP contribution is 2.23. The first-order valence-electron chi connectivity index (χ1n) is 9.58. The van der Waals surface area contributed by atoms with E-state index < -0.39 is 11.9 Å². The predicted octanol–water partition coefficient (Wildman–Crippen LogP) is 2.96. The second-order valence-electron chi connectivity index (χ2n) is 6.59. The number of carbonyl (C=O) groups excluding carboxylic acids is 1. The van der Waals surface area contributed by atoms with E-state index in [1.807, 2.05) is 0 Å². The molecule has 0 saturated heterocycles. The van der Waals surface area contributed by atoms with Crippen LogP contribution in [0.4, 0.5) is 33.2 Å². The number of aliphatic hydroxyl groups excluding tert-OH is 2. The summed E-state index contributed by atoms with van der Waals surface area (Å²) in [7, 11) is 0. The molecule has 166 valence electrons. The van der Waals surface area contributed by atoms with Gasteiger partial charge < -0.3 is 30.9 Å². The van der Waals surface area contributed by atoms with Gasteiger partial charge in [-0.2, -0.15) is 4.98 Å². The number of rotatable bonds is 10. The van der Waals surface area contributed by atoms with Gasteiger partial charge in [-0.05, 0) is 48.5 Å². The van der Waals surface area contributed by atoms with Gasteiger partial charge in [0.15, 0.2) is 11.6 Å². The van der Waals surface area contributed by atoms with Crippen LogP contribution in [-0.4, -0.2) is 45.4 Å². The minimum Gasteiger partial charge on any atom is -0.491 e. The molecule has 1 amide bonds. The van der Waals surface area contributed by atoms with Gasteiger partial charge in [-0.3, -0.25) is 4.79 Å². The van der Waals surface area contributed by atoms with E-state index in [1.165, 1.54) is 0 Å². The molecule has 0 radical (unpaired) electrons. The van der Waals surface area contributed by atoms with E-state index in [1.54, 1.807) is 48.5 Å². The number of halogens is 1. The molecule has 0 aliphatic heterocycles. The van der Waals surface area contributed by atoms with Gasteiger partial charge in [0, 0.05) is 17.1 Å². The maximum atomic E-state index is 14.2. The average Bonchev–Trinajstić information content (AvgIpc) is 2.80. The molecule has 0 spiro atoms. The molecule has 0 bridgehead atoms. The van der Waals surface area contributed by atoms with Crippen molar-refractivity contribution in [3.8, 4) is 5.75 Å². The summed E-state index contributed by atoms with van der Waals surface area (Å²) in [6.45, 7) is 2.99. The molecule has 5 N–H and O–H groups in total. The third-order valence-corrected chi connectivity index (χ3v) is 4.09. The summed E-state index contributed by atoms with van der Waals surface area (Å²) < 4.78 is 19.6. The van der Waals surface area contributed by atoms with Gasteiger partial charge in [0.2, 0.25) is 11.9 Å². The van der Waals surface area contributed by atoms with Crippen molar-refractivity contribution in [2.24, 2.45) is 0 Å². The van der Waals surface area contributed by atoms with Crippen molar-refractivity contribution >= 4 is 34.7 Å². The number of anilines is 5. The van der Waals surface area contributed by atoms with Gasteiger partial charge in [0.25, 0.3) is 0 Å². The highest BCUT2D eigenvalue weighted by molar-refractivity contribution is 5.99. The van der Waals surface area contributed by atoms with E-state index in [2.05, 4.69) is 32.5 Å². The molecule has 1 atom stereocenters. The molecule has 32 heavy (non-hydrogen) atoms. The molecule has 10 heteroatoms. The second-order valence-corrected chi connectivity index (χ2v) is 6.59. The summed E-state index contributed by atoms with van der Waals surface area (Å²) in [5.74, 6) is -0.388. The zero-order chi connectivity index (χ0) is 22.9. The number of aromatic nitrogens is 2. The van der Waals surface area contributed by atoms with Crippen molar-refractivity contribution in [2.45, 2.75) is 6.10 Å². The Kier molecular flexibility index (Phi) is 7.68. The van der Waals surface area contributed by atoms with Crippen molar-refractivity contribution in [3.05, 3.63) is 73.2 Å². The van der Waals surface area contributed by atoms with Crippen LogP contribution in [0.5, 0.6) is 5.75 Å². The third-order valence-electron chi connectivity index (χ3n) is 4.09. The molecule has 0 aliphatic rings. The van der Waals surface area contributed by atoms with Gasteiger partial charge in [-0.15, -0.1) is 0 Å². The van der Waals surface area contributed by atoms with Gasteiger partial charge in [0.05, 0.1) is 12.8 Å². The quantitative estimate of drug-likeness (QED) is 0.305. The number of benzene rings is 2. The zero-order valence-electron chi connectivity index (χ0n) is 17.0. The lowest BCUT2D eigenvalue weighted by Gasteiger charge is -2.12. The van der Waals surface area contributed by atoms with E-state index >= 15 is 0 Å². The largest absolute Gasteiger partial charge is 0.491 e. The minimum absolute atomic E-state index is 0.0299. The first-order valence-corrected chi connectivity index (χ1v) is 9.58. The second kappa shape index (κ2) is 10.8. The van der Waals surface area contributed by atoms with Gasteiger partial charge >= 0.3 is 0 Å². The van der Waals surface area contributed by atoms with Crippen molar-refractivity contribution in [1.82, 2.24) is 9.97 Å². The molecule has 0 fully saturated rings. The molecule has 1 heterocycles. The molecular weight excluding hydrogens is 417 g/mol. The first kappa shape index (κ1) is 22.7. The van der Waals surface area contributed by atoms with Crippen molar-refractivity contribution < 1.29 is 24.1 Å². The summed E-state index contributed by atoms with van der Waals surface area (Å²) in [6.07, 6.45) is 1.24. The number of hydrogen-bond acceptors (Lipinski definition) is 8. The SMILES string of the molecule is C=CC(=O)Nc1cccc(Nc2nc(Nc3ccc(OCC(O)CO)cc3)ncc2F)c1. The standard InChI is InChI=1S/C22H22FN5O4/c1-2-20(31)25-15-4-3-5-16(10-15)26-21-19(23)11-24-22(28-21)27-14-6-8-18(9-7-14)32-13-17(30)12-29/h2-11,17,29-30H,1,12-13H2,(H,25,31)(H2,24,26,27,28). The Hall–Kier alpha value is -4.02. The highest BCUT2D eigenvalue weighted by atomic mass is 19.1. The summed E-state index contributed by atoms with van der Waals surface area (Å²) in [6, 6.07) is 13.4. The fraction of sp³-hybridized carbons (Fsp3) is 0.136. The van der Waals surface area contributed by atoms with Crippen LogP contribution >= 0.6 is 0 Å². The van der Waals surface area contributed by atoms with Crippen molar-refractivity contribution in [2.75, 3.05) is 29.2 Å². The monoisotopic (exact) mass is 439 g/mol. The van der Waals surface area contributed by atoms with Crippen LogP contribution < -0.4 is 20.7 Å². The summed E-state index contributed by atoms with van der Waals surface area (Å²) in [5.41, 5.74) is 1.66. The Morgan fingerprint density at radius 3 is 2.62 bits per heavy atom. The Balaban J connectivity index is 1.68. The number of ether oxygens (including phenoxy) is 1. The van der Waals surface area contributed by atoms with Crippen LogP contribution in [0.2, 0.25) is 0 Å². The van der Waals surface area contributed by atoms with Crippen molar-refractivity contribution in [1.29, 1.82) is 0 Å². The van der Waals surface area contributed by atoms with Crippen molar-refractivity contribution in [3.63, 3.8) is 0 Å². The maximum absolute atomic E-state index is 14.2. The zero-order valence-corrected chi connectivity index (χ0v) is 17.0. The lowest BCUT2D eigenvalue weighted by Crippen LogP contribution is -2.21. The highest BCUT2D eigenvalue weighted by Gasteiger charge is 2.09. The van der Waals surface area contributed by atoms with Crippen LogP contribution in [0.3, 0.4) is 0 Å². The average molecular weight is 439 g/mol. The number of hydrogen-bond donors (Lipinski definition) is 5. The molecule has 3 rings (SSSR count). The minimum atomic E-state index is -0.953. The van der Waals surface area contributed by atoms with E-state index in [-0.39, 0.29) is 30.9 Å². The van der Waals surface area contributed by atoms with E-state index in [9.17, 15) is 14.3 Å². The van der Waals surface area contributed by atoms with Crippen LogP contribution in [0.15, 0.2) is 67.4 Å². The molecule has 1 aromatic heterocycles. The van der Waals surface area contributed by atoms with E-state index in [0.29, 0.717) is 22.8 Å². The van der Waals surface area contributed by atoms with Crippen LogP contribution in [-0.2, 0) is 4.79 Å².